The molecule has 0 spiro atoms. The zero-order valence-corrected chi connectivity index (χ0v) is 64.0. The lowest BCUT2D eigenvalue weighted by molar-refractivity contribution is 0.0877. The van der Waals surface area contributed by atoms with Crippen LogP contribution in [0.15, 0.2) is 72.8 Å². The molecule has 0 atom stereocenters. The molecule has 4 saturated carbocycles. The second-order valence-electron chi connectivity index (χ2n) is 33.7. The number of anilines is 2. The van der Waals surface area contributed by atoms with Crippen molar-refractivity contribution < 1.29 is 19.2 Å². The first-order chi connectivity index (χ1) is 47.3. The number of hydrogen-bond acceptors (Lipinski definition) is 4. The lowest BCUT2D eigenvalue weighted by atomic mass is 9.79. The number of rotatable bonds is 20. The molecule has 4 amide bonds. The van der Waals surface area contributed by atoms with Crippen LogP contribution in [0, 0.1) is 46.6 Å². The molecule has 0 saturated heterocycles. The molecule has 4 fully saturated rings. The lowest BCUT2D eigenvalue weighted by Gasteiger charge is -2.38. The van der Waals surface area contributed by atoms with Gasteiger partial charge in [0.05, 0.1) is 22.5 Å². The first-order valence-electron chi connectivity index (χ1n) is 39.6. The van der Waals surface area contributed by atoms with Crippen LogP contribution in [0.4, 0.5) is 11.4 Å². The topological polar surface area (TPSA) is 74.8 Å². The summed E-state index contributed by atoms with van der Waals surface area (Å²) < 4.78 is 0. The van der Waals surface area contributed by atoms with Gasteiger partial charge >= 0.3 is 0 Å². The number of benzene rings is 7. The average Bonchev–Trinajstić information content (AvgIpc) is 0.679. The molecule has 2 aliphatic heterocycles. The van der Waals surface area contributed by atoms with E-state index < -0.39 is 16.1 Å². The molecule has 98 heavy (non-hydrogen) atoms. The fraction of sp³-hybridized carbons (Fsp3) is 0.556. The fourth-order valence-electron chi connectivity index (χ4n) is 21.3. The third kappa shape index (κ3) is 12.7. The van der Waals surface area contributed by atoms with Crippen LogP contribution in [-0.4, -0.2) is 39.8 Å². The summed E-state index contributed by atoms with van der Waals surface area (Å²) in [6.07, 6.45) is 32.7. The number of nitrogens with zero attached hydrogens (tertiary/aromatic N) is 2. The Morgan fingerprint density at radius 3 is 0.867 bits per heavy atom. The Morgan fingerprint density at radius 2 is 0.602 bits per heavy atom. The summed E-state index contributed by atoms with van der Waals surface area (Å²) >= 11 is 0. The zero-order chi connectivity index (χ0) is 68.9. The third-order valence-electron chi connectivity index (χ3n) is 26.4. The molecule has 0 aromatic heterocycles. The molecule has 7 aromatic carbocycles. The maximum absolute atomic E-state index is 16.7. The minimum atomic E-state index is -2.42. The van der Waals surface area contributed by atoms with E-state index in [0.717, 1.165) is 128 Å². The van der Waals surface area contributed by atoms with Gasteiger partial charge in [-0.15, -0.1) is 11.1 Å². The van der Waals surface area contributed by atoms with Crippen molar-refractivity contribution in [3.63, 3.8) is 0 Å². The maximum atomic E-state index is 16.7. The number of aryl methyl sites for hydroxylation is 4. The molecule has 516 valence electrons. The van der Waals surface area contributed by atoms with Crippen molar-refractivity contribution in [3.05, 3.63) is 128 Å². The van der Waals surface area contributed by atoms with Gasteiger partial charge < -0.3 is 0 Å². The van der Waals surface area contributed by atoms with Gasteiger partial charge in [0.1, 0.15) is 16.1 Å². The van der Waals surface area contributed by atoms with Crippen LogP contribution in [0.2, 0.25) is 33.2 Å². The average molecular weight is 1340 g/mol. The summed E-state index contributed by atoms with van der Waals surface area (Å²) in [6, 6.07) is 25.6. The highest BCUT2D eigenvalue weighted by molar-refractivity contribution is 6.91. The molecule has 0 bridgehead atoms. The van der Waals surface area contributed by atoms with Crippen LogP contribution in [0.1, 0.15) is 312 Å². The molecule has 6 aliphatic rings. The standard InChI is InChI=1S/C90H114N2O4Si2/c1-57(2)97(58(3)4,59(5)6)53-51-71-55-77-81-75(87(93)91(89(77)95)85-67(43-39-63-27-17-13-18-28-63)35-25-36-68(85)44-40-64-29-19-14-20-30-64)50-48-74-80-72(52-54-98(60(7)8,61(9)10)62(11)12)56-78-82-76(49-47-73(84(80)82)79(71)83(74)81)88(94)92(90(78)96)86-69(45-41-65-31-21-15-22-32-65)37-26-38-70(86)46-42-66-33-23-16-24-34-66/h25-26,35-38,47-50,55-66H,13-24,27-34,39-46H2,1-12H3. The van der Waals surface area contributed by atoms with E-state index >= 15 is 19.2 Å². The molecule has 0 unspecified atom stereocenters. The predicted octanol–water partition coefficient (Wildman–Crippen LogP) is 24.5. The van der Waals surface area contributed by atoms with E-state index in [4.69, 9.17) is 0 Å². The van der Waals surface area contributed by atoms with Gasteiger partial charge in [0.15, 0.2) is 0 Å². The molecule has 8 heteroatoms. The predicted molar refractivity (Wildman–Crippen MR) is 418 cm³/mol. The van der Waals surface area contributed by atoms with Gasteiger partial charge in [-0.1, -0.05) is 272 Å². The van der Waals surface area contributed by atoms with Crippen molar-refractivity contribution in [3.8, 4) is 22.9 Å². The molecule has 2 heterocycles. The van der Waals surface area contributed by atoms with E-state index in [9.17, 15) is 0 Å². The van der Waals surface area contributed by atoms with Crippen molar-refractivity contribution in [2.75, 3.05) is 9.80 Å². The minimum absolute atomic E-state index is 0.278. The molecule has 0 radical (unpaired) electrons. The molecule has 6 nitrogen and oxygen atoms in total. The smallest absolute Gasteiger partial charge is 0.266 e. The summed E-state index contributed by atoms with van der Waals surface area (Å²) in [5.74, 6) is 9.39. The summed E-state index contributed by atoms with van der Waals surface area (Å²) in [7, 11) is -4.85. The molecule has 13 rings (SSSR count). The highest BCUT2D eigenvalue weighted by Gasteiger charge is 2.46. The summed E-state index contributed by atoms with van der Waals surface area (Å²) in [5, 5.41) is 6.47. The van der Waals surface area contributed by atoms with Crippen LogP contribution < -0.4 is 9.80 Å². The van der Waals surface area contributed by atoms with Crippen molar-refractivity contribution in [1.82, 2.24) is 0 Å². The molecule has 4 aliphatic carbocycles. The summed E-state index contributed by atoms with van der Waals surface area (Å²) in [5.41, 5.74) is 19.9. The van der Waals surface area contributed by atoms with Crippen molar-refractivity contribution in [2.45, 2.75) is 296 Å². The van der Waals surface area contributed by atoms with Gasteiger partial charge in [-0.3, -0.25) is 19.2 Å². The van der Waals surface area contributed by atoms with Crippen LogP contribution in [0.3, 0.4) is 0 Å². The quantitative estimate of drug-likeness (QED) is 0.0251. The molecule has 7 aromatic rings. The minimum Gasteiger partial charge on any atom is -0.268 e. The highest BCUT2D eigenvalue weighted by Crippen LogP contribution is 2.52. The Bertz CT molecular complexity index is 3910. The molecular formula is C90H114N2O4Si2. The van der Waals surface area contributed by atoms with Crippen LogP contribution >= 0.6 is 0 Å². The van der Waals surface area contributed by atoms with Gasteiger partial charge in [-0.05, 0) is 166 Å². The number of hydrogen-bond donors (Lipinski definition) is 0. The summed E-state index contributed by atoms with van der Waals surface area (Å²) in [4.78, 5) is 69.3. The van der Waals surface area contributed by atoms with Gasteiger partial charge in [0, 0.05) is 54.6 Å². The number of para-hydroxylation sites is 2. The monoisotopic (exact) mass is 1340 g/mol. The number of carbonyl (C=O) groups excluding carboxylic acids is 4. The third-order valence-corrected chi connectivity index (χ3v) is 39.0. The largest absolute Gasteiger partial charge is 0.268 e. The SMILES string of the molecule is CC(C)[Si](C#Cc1cc2c3c(ccc4c5c(C#C[Si](C(C)C)(C(C)C)C(C)C)cc6c7c(ccc(c1c34)c75)C(=O)N(c1c(CCC3CCCCC3)cccc1CCC1CCCCC1)C6=O)C(=O)N(c1c(CCC3CCCCC3)cccc1CCC1CCCCC1)C2=O)(C(C)C)C(C)C. The molecule has 0 N–H and O–H groups in total. The summed E-state index contributed by atoms with van der Waals surface area (Å²) in [6.45, 7) is 28.2. The van der Waals surface area contributed by atoms with Gasteiger partial charge in [-0.25, -0.2) is 9.80 Å². The Balaban J connectivity index is 1.08. The van der Waals surface area contributed by atoms with Crippen LogP contribution in [-0.2, 0) is 25.7 Å². The Labute approximate surface area is 590 Å². The first kappa shape index (κ1) is 70.1. The van der Waals surface area contributed by atoms with Crippen LogP contribution in [0.5, 0.6) is 0 Å². The Hall–Kier alpha value is -6.33. The van der Waals surface area contributed by atoms with Crippen molar-refractivity contribution >= 4 is 94.2 Å². The van der Waals surface area contributed by atoms with Crippen LogP contribution in [0.25, 0.3) is 43.1 Å². The van der Waals surface area contributed by atoms with E-state index in [1.165, 1.54) is 128 Å². The molecular weight excluding hydrogens is 1230 g/mol. The number of fused-ring (bicyclic) bond motifs is 2. The second kappa shape index (κ2) is 29.3. The van der Waals surface area contributed by atoms with Crippen molar-refractivity contribution in [2.24, 2.45) is 23.7 Å². The maximum Gasteiger partial charge on any atom is 0.266 e. The fourth-order valence-corrected chi connectivity index (χ4v) is 31.7. The van der Waals surface area contributed by atoms with Crippen molar-refractivity contribution in [1.29, 1.82) is 0 Å². The van der Waals surface area contributed by atoms with E-state index in [0.29, 0.717) is 89.9 Å². The lowest BCUT2D eigenvalue weighted by Crippen LogP contribution is -2.43. The number of imide groups is 2. The second-order valence-corrected chi connectivity index (χ2v) is 44.9. The number of carbonyl (C=O) groups is 4. The van der Waals surface area contributed by atoms with E-state index in [2.05, 4.69) is 167 Å². The van der Waals surface area contributed by atoms with Gasteiger partial charge in [0.25, 0.3) is 23.6 Å². The zero-order valence-electron chi connectivity index (χ0n) is 62.0. The normalized spacial score (nSPS) is 18.2. The van der Waals surface area contributed by atoms with Gasteiger partial charge in [0.2, 0.25) is 0 Å². The van der Waals surface area contributed by atoms with E-state index in [1.807, 2.05) is 12.1 Å². The Morgan fingerprint density at radius 1 is 0.337 bits per heavy atom. The first-order valence-corrected chi connectivity index (χ1v) is 44.1. The number of amides is 4. The van der Waals surface area contributed by atoms with Gasteiger partial charge in [-0.2, -0.15) is 0 Å². The van der Waals surface area contributed by atoms with E-state index in [-0.39, 0.29) is 23.6 Å². The highest BCUT2D eigenvalue weighted by atomic mass is 28.3. The Kier molecular flexibility index (Phi) is 21.0. The van der Waals surface area contributed by atoms with E-state index in [1.54, 1.807) is 9.80 Å².